The molecule has 1 aromatic carbocycles. The van der Waals surface area contributed by atoms with Crippen molar-refractivity contribution in [1.82, 2.24) is 9.29 Å². The van der Waals surface area contributed by atoms with Gasteiger partial charge in [0.2, 0.25) is 10.0 Å². The van der Waals surface area contributed by atoms with Crippen LogP contribution in [0.5, 0.6) is 5.75 Å². The third-order valence-electron chi connectivity index (χ3n) is 4.03. The van der Waals surface area contributed by atoms with E-state index in [-0.39, 0.29) is 21.2 Å². The number of piperidine rings is 1. The van der Waals surface area contributed by atoms with Gasteiger partial charge < -0.3 is 4.74 Å². The molecule has 0 bridgehead atoms. The fourth-order valence-electron chi connectivity index (χ4n) is 2.68. The molecule has 0 saturated carbocycles. The lowest BCUT2D eigenvalue weighted by Gasteiger charge is -2.26. The molecule has 0 radical (unpaired) electrons. The summed E-state index contributed by atoms with van der Waals surface area (Å²) in [5, 5.41) is 0.0784. The van der Waals surface area contributed by atoms with Crippen molar-refractivity contribution in [3.05, 3.63) is 51.7 Å². The molecule has 0 spiro atoms. The molecule has 6 nitrogen and oxygen atoms in total. The van der Waals surface area contributed by atoms with E-state index in [1.54, 1.807) is 18.3 Å². The van der Waals surface area contributed by atoms with Crippen LogP contribution < -0.4 is 4.74 Å². The minimum Gasteiger partial charge on any atom is -0.420 e. The Hall–Kier alpha value is -1.48. The molecule has 138 valence electrons. The molecule has 1 aliphatic heterocycles. The Morgan fingerprint density at radius 2 is 1.92 bits per heavy atom. The van der Waals surface area contributed by atoms with Crippen LogP contribution in [0.25, 0.3) is 0 Å². The average Bonchev–Trinajstić information content (AvgIpc) is 2.64. The first kappa shape index (κ1) is 19.3. The monoisotopic (exact) mass is 458 g/mol. The quantitative estimate of drug-likeness (QED) is 0.512. The number of ether oxygens (including phenoxy) is 1. The van der Waals surface area contributed by atoms with Crippen LogP contribution in [0.15, 0.2) is 46.0 Å². The number of halogens is 2. The van der Waals surface area contributed by atoms with Crippen LogP contribution in [0, 0.1) is 0 Å². The number of nitrogens with zero attached hydrogens (tertiary/aromatic N) is 2. The van der Waals surface area contributed by atoms with Crippen LogP contribution in [-0.4, -0.2) is 36.8 Å². The molecule has 0 N–H and O–H groups in total. The Bertz CT molecular complexity index is 930. The van der Waals surface area contributed by atoms with Gasteiger partial charge in [0, 0.05) is 19.3 Å². The molecule has 0 unspecified atom stereocenters. The Morgan fingerprint density at radius 3 is 2.62 bits per heavy atom. The molecule has 9 heteroatoms. The molecule has 1 aliphatic rings. The number of aromatic nitrogens is 1. The van der Waals surface area contributed by atoms with Crippen LogP contribution in [0.2, 0.25) is 5.02 Å². The lowest BCUT2D eigenvalue weighted by atomic mass is 10.2. The van der Waals surface area contributed by atoms with Crippen molar-refractivity contribution in [1.29, 1.82) is 0 Å². The van der Waals surface area contributed by atoms with Gasteiger partial charge in [-0.2, -0.15) is 4.31 Å². The van der Waals surface area contributed by atoms with E-state index < -0.39 is 16.0 Å². The summed E-state index contributed by atoms with van der Waals surface area (Å²) < 4.78 is 32.8. The van der Waals surface area contributed by atoms with E-state index in [2.05, 4.69) is 20.9 Å². The number of rotatable bonds is 4. The van der Waals surface area contributed by atoms with E-state index in [0.717, 1.165) is 19.3 Å². The minimum absolute atomic E-state index is 0.0784. The summed E-state index contributed by atoms with van der Waals surface area (Å²) in [6.45, 7) is 0.909. The normalized spacial score (nSPS) is 15.6. The van der Waals surface area contributed by atoms with E-state index in [1.807, 2.05) is 0 Å². The summed E-state index contributed by atoms with van der Waals surface area (Å²) in [5.74, 6) is -0.446. The number of esters is 1. The predicted molar refractivity (Wildman–Crippen MR) is 101 cm³/mol. The largest absolute Gasteiger partial charge is 0.420 e. The van der Waals surface area contributed by atoms with Gasteiger partial charge in [-0.3, -0.25) is 0 Å². The highest BCUT2D eigenvalue weighted by Crippen LogP contribution is 2.29. The Balaban J connectivity index is 1.90. The third-order valence-corrected chi connectivity index (χ3v) is 7.00. The Kier molecular flexibility index (Phi) is 5.96. The lowest BCUT2D eigenvalue weighted by molar-refractivity contribution is 0.0732. The van der Waals surface area contributed by atoms with Crippen molar-refractivity contribution in [2.24, 2.45) is 0 Å². The van der Waals surface area contributed by atoms with Gasteiger partial charge in [-0.1, -0.05) is 18.0 Å². The van der Waals surface area contributed by atoms with Gasteiger partial charge in [0.05, 0.1) is 10.6 Å². The summed E-state index contributed by atoms with van der Waals surface area (Å²) >= 11 is 9.31. The standard InChI is InChI=1S/C17H16BrClN2O4S/c18-16-14(5-4-8-20-16)25-17(22)12-6-7-13(19)15(11-12)26(23,24)21-9-2-1-3-10-21/h4-8,11H,1-3,9-10H2. The minimum atomic E-state index is -3.76. The van der Waals surface area contributed by atoms with E-state index in [4.69, 9.17) is 16.3 Å². The highest BCUT2D eigenvalue weighted by Gasteiger charge is 2.29. The smallest absolute Gasteiger partial charge is 0.343 e. The summed E-state index contributed by atoms with van der Waals surface area (Å²) in [4.78, 5) is 16.3. The maximum atomic E-state index is 12.9. The SMILES string of the molecule is O=C(Oc1cccnc1Br)c1ccc(Cl)c(S(=O)(=O)N2CCCCC2)c1. The summed E-state index contributed by atoms with van der Waals surface area (Å²) in [6.07, 6.45) is 4.18. The summed E-state index contributed by atoms with van der Waals surface area (Å²) in [5.41, 5.74) is 0.0979. The van der Waals surface area contributed by atoms with Gasteiger partial charge in [-0.15, -0.1) is 0 Å². The molecule has 0 atom stereocenters. The molecule has 2 aromatic rings. The summed E-state index contributed by atoms with van der Waals surface area (Å²) in [7, 11) is -3.76. The van der Waals surface area contributed by atoms with E-state index in [1.165, 1.54) is 22.5 Å². The van der Waals surface area contributed by atoms with E-state index in [0.29, 0.717) is 17.7 Å². The summed E-state index contributed by atoms with van der Waals surface area (Å²) in [6, 6.07) is 7.30. The molecule has 0 amide bonds. The van der Waals surface area contributed by atoms with Gasteiger partial charge in [-0.25, -0.2) is 18.2 Å². The van der Waals surface area contributed by atoms with Crippen molar-refractivity contribution >= 4 is 43.5 Å². The van der Waals surface area contributed by atoms with E-state index in [9.17, 15) is 13.2 Å². The molecular formula is C17H16BrClN2O4S. The van der Waals surface area contributed by atoms with Gasteiger partial charge >= 0.3 is 5.97 Å². The van der Waals surface area contributed by atoms with Crippen molar-refractivity contribution < 1.29 is 17.9 Å². The number of benzene rings is 1. The second kappa shape index (κ2) is 8.04. The first-order valence-electron chi connectivity index (χ1n) is 8.02. The first-order chi connectivity index (χ1) is 12.4. The maximum absolute atomic E-state index is 12.9. The Morgan fingerprint density at radius 1 is 1.19 bits per heavy atom. The zero-order valence-electron chi connectivity index (χ0n) is 13.7. The van der Waals surface area contributed by atoms with E-state index >= 15 is 0 Å². The number of hydrogen-bond acceptors (Lipinski definition) is 5. The molecular weight excluding hydrogens is 444 g/mol. The van der Waals surface area contributed by atoms with Gasteiger partial charge in [-0.05, 0) is 59.1 Å². The topological polar surface area (TPSA) is 76.6 Å². The van der Waals surface area contributed by atoms with Crippen molar-refractivity contribution in [2.75, 3.05) is 13.1 Å². The number of carbonyl (C=O) groups is 1. The number of carbonyl (C=O) groups excluding carboxylic acids is 1. The molecule has 3 rings (SSSR count). The molecule has 0 aliphatic carbocycles. The molecule has 1 fully saturated rings. The zero-order chi connectivity index (χ0) is 18.7. The first-order valence-corrected chi connectivity index (χ1v) is 10.6. The highest BCUT2D eigenvalue weighted by atomic mass is 79.9. The second-order valence-corrected chi connectivity index (χ2v) is 8.86. The number of hydrogen-bond donors (Lipinski definition) is 0. The number of sulfonamides is 1. The lowest BCUT2D eigenvalue weighted by Crippen LogP contribution is -2.35. The molecule has 1 saturated heterocycles. The van der Waals surface area contributed by atoms with Crippen LogP contribution in [0.1, 0.15) is 29.6 Å². The van der Waals surface area contributed by atoms with Gasteiger partial charge in [0.15, 0.2) is 5.75 Å². The van der Waals surface area contributed by atoms with Crippen LogP contribution in [0.3, 0.4) is 0 Å². The number of pyridine rings is 1. The fourth-order valence-corrected chi connectivity index (χ4v) is 5.03. The average molecular weight is 460 g/mol. The molecule has 2 heterocycles. The maximum Gasteiger partial charge on any atom is 0.343 e. The predicted octanol–water partition coefficient (Wildman–Crippen LogP) is 3.89. The van der Waals surface area contributed by atoms with Crippen LogP contribution >= 0.6 is 27.5 Å². The zero-order valence-corrected chi connectivity index (χ0v) is 16.8. The van der Waals surface area contributed by atoms with Crippen LogP contribution in [-0.2, 0) is 10.0 Å². The van der Waals surface area contributed by atoms with Crippen molar-refractivity contribution in [3.63, 3.8) is 0 Å². The molecule has 1 aromatic heterocycles. The van der Waals surface area contributed by atoms with Crippen LogP contribution in [0.4, 0.5) is 0 Å². The van der Waals surface area contributed by atoms with Gasteiger partial charge in [0.1, 0.15) is 9.50 Å². The van der Waals surface area contributed by atoms with Gasteiger partial charge in [0.25, 0.3) is 0 Å². The van der Waals surface area contributed by atoms with Crippen molar-refractivity contribution in [2.45, 2.75) is 24.2 Å². The van der Waals surface area contributed by atoms with Crippen molar-refractivity contribution in [3.8, 4) is 5.75 Å². The Labute approximate surface area is 165 Å². The fraction of sp³-hybridized carbons (Fsp3) is 0.294. The second-order valence-electron chi connectivity index (χ2n) is 5.79. The third kappa shape index (κ3) is 4.09. The molecule has 26 heavy (non-hydrogen) atoms. The highest BCUT2D eigenvalue weighted by molar-refractivity contribution is 9.10.